The Bertz CT molecular complexity index is 1750. The summed E-state index contributed by atoms with van der Waals surface area (Å²) >= 11 is 0. The van der Waals surface area contributed by atoms with Gasteiger partial charge in [-0.3, -0.25) is 4.90 Å². The molecule has 48 heavy (non-hydrogen) atoms. The second kappa shape index (κ2) is 10.1. The Morgan fingerprint density at radius 2 is 1.67 bits per heavy atom. The molecule has 13 atom stereocenters. The predicted octanol–water partition coefficient (Wildman–Crippen LogP) is 2.34. The lowest BCUT2D eigenvalue weighted by molar-refractivity contribution is -0.937. The van der Waals surface area contributed by atoms with Crippen LogP contribution in [0.2, 0.25) is 0 Å². The van der Waals surface area contributed by atoms with Gasteiger partial charge in [0.05, 0.1) is 38.4 Å². The van der Waals surface area contributed by atoms with Crippen LogP contribution in [0.25, 0.3) is 0 Å². The predicted molar refractivity (Wildman–Crippen MR) is 183 cm³/mol. The third-order valence-electron chi connectivity index (χ3n) is 15.7. The smallest absolute Gasteiger partial charge is 0.136 e. The highest BCUT2D eigenvalue weighted by Gasteiger charge is 2.74. The fourth-order valence-electron chi connectivity index (χ4n) is 14.5. The van der Waals surface area contributed by atoms with E-state index in [0.717, 1.165) is 26.3 Å². The molecule has 0 radical (unpaired) electrons. The summed E-state index contributed by atoms with van der Waals surface area (Å²) < 4.78 is 16.0. The highest BCUT2D eigenvalue weighted by atomic mass is 79.9. The molecule has 5 saturated heterocycles. The van der Waals surface area contributed by atoms with Crippen LogP contribution in [0.5, 0.6) is 0 Å². The number of rotatable bonds is 3. The van der Waals surface area contributed by atoms with E-state index in [1.54, 1.807) is 16.7 Å². The van der Waals surface area contributed by atoms with Crippen LogP contribution in [-0.4, -0.2) is 91.9 Å². The average molecular weight is 708 g/mol. The molecule has 1 unspecified atom stereocenters. The minimum Gasteiger partial charge on any atom is -1.00 e. The van der Waals surface area contributed by atoms with Crippen molar-refractivity contribution in [3.8, 4) is 0 Å². The van der Waals surface area contributed by atoms with E-state index in [1.165, 1.54) is 61.2 Å². The van der Waals surface area contributed by atoms with Gasteiger partial charge < -0.3 is 40.7 Å². The number of para-hydroxylation sites is 2. The summed E-state index contributed by atoms with van der Waals surface area (Å²) in [5.74, 6) is 2.45. The lowest BCUT2D eigenvalue weighted by atomic mass is 9.54. The van der Waals surface area contributed by atoms with E-state index in [-0.39, 0.29) is 34.9 Å². The van der Waals surface area contributed by atoms with Crippen LogP contribution in [0.15, 0.2) is 90.6 Å². The van der Waals surface area contributed by atoms with Crippen molar-refractivity contribution < 1.29 is 30.9 Å². The molecule has 7 fully saturated rings. The van der Waals surface area contributed by atoms with Gasteiger partial charge in [-0.15, -0.1) is 0 Å². The highest BCUT2D eigenvalue weighted by molar-refractivity contribution is 5.69. The molecule has 8 heterocycles. The SMILES string of the molecule is C=CC[N+]12CC[C@@H]3[C@@H]4[C@@H]5[C@@H](OCC=C(C1)[C@@H]5C[C@@H]32)N1c2ccccc2[C@@]23CCN5CC6=CCO[C@H]([C@@H]([C@H]12)[C@H]6C[C@H]53)N4c1ccccc1.[Br-]. The molecule has 10 aliphatic rings. The van der Waals surface area contributed by atoms with Gasteiger partial charge in [-0.05, 0) is 60.7 Å². The standard InChI is InChI=1S/C41H47N4O2.BrH/c1-2-17-45-18-12-28-33(45)21-29-26(24-45)14-20-46-39-35(29)37(28)43(27-8-4-3-5-9-27)40-36-30-22-34-41(15-16-42(34)23-25(30)13-19-47-40)31-10-6-7-11-32(31)44(39)38(36)41;/h2-11,13-14,28-30,33-40H,1,12,15-24H2;1H/q+1;/p-1/t28-,29-,30-,33-,34-,35+,36+,37+,38-,39+,40+,41+,45?;/m0./s1. The van der Waals surface area contributed by atoms with Crippen LogP contribution in [-0.2, 0) is 14.9 Å². The Balaban J connectivity index is 0.00000280. The van der Waals surface area contributed by atoms with Crippen molar-refractivity contribution in [3.63, 3.8) is 0 Å². The summed E-state index contributed by atoms with van der Waals surface area (Å²) in [4.78, 5) is 8.73. The van der Waals surface area contributed by atoms with E-state index in [0.29, 0.717) is 53.8 Å². The molecule has 0 N–H and O–H groups in total. The summed E-state index contributed by atoms with van der Waals surface area (Å²) in [6, 6.07) is 23.1. The first-order valence-corrected chi connectivity index (χ1v) is 18.7. The van der Waals surface area contributed by atoms with Crippen LogP contribution < -0.4 is 26.8 Å². The first kappa shape index (κ1) is 29.3. The molecule has 8 aliphatic heterocycles. The normalized spacial score (nSPS) is 46.6. The van der Waals surface area contributed by atoms with E-state index in [1.807, 2.05) is 0 Å². The van der Waals surface area contributed by atoms with Gasteiger partial charge in [0.15, 0.2) is 0 Å². The summed E-state index contributed by atoms with van der Waals surface area (Å²) in [7, 11) is 0. The molecule has 2 saturated carbocycles. The molecule has 1 spiro atoms. The Morgan fingerprint density at radius 1 is 0.896 bits per heavy atom. The fraction of sp³-hybridized carbons (Fsp3) is 0.561. The van der Waals surface area contributed by atoms with Crippen LogP contribution in [0.1, 0.15) is 31.2 Å². The monoisotopic (exact) mass is 706 g/mol. The lowest BCUT2D eigenvalue weighted by Gasteiger charge is -2.65. The van der Waals surface area contributed by atoms with Gasteiger partial charge in [-0.25, -0.2) is 0 Å². The first-order valence-electron chi connectivity index (χ1n) is 18.7. The van der Waals surface area contributed by atoms with E-state index < -0.39 is 0 Å². The van der Waals surface area contributed by atoms with E-state index in [4.69, 9.17) is 9.47 Å². The Kier molecular flexibility index (Phi) is 6.17. The number of fused-ring (bicyclic) bond motifs is 4. The molecule has 250 valence electrons. The molecule has 7 heteroatoms. The molecule has 2 aliphatic carbocycles. The van der Waals surface area contributed by atoms with Gasteiger partial charge in [0.2, 0.25) is 0 Å². The maximum absolute atomic E-state index is 7.41. The van der Waals surface area contributed by atoms with Crippen LogP contribution in [0.3, 0.4) is 0 Å². The molecular weight excluding hydrogens is 660 g/mol. The summed E-state index contributed by atoms with van der Waals surface area (Å²) in [6.45, 7) is 11.6. The van der Waals surface area contributed by atoms with Gasteiger partial charge in [0.25, 0.3) is 0 Å². The largest absolute Gasteiger partial charge is 1.00 e. The number of nitrogens with zero attached hydrogens (tertiary/aromatic N) is 4. The Hall–Kier alpha value is -2.42. The maximum Gasteiger partial charge on any atom is 0.136 e. The van der Waals surface area contributed by atoms with Gasteiger partial charge in [0.1, 0.15) is 19.0 Å². The molecular formula is C41H47BrN4O2. The van der Waals surface area contributed by atoms with Crippen molar-refractivity contribution >= 4 is 11.4 Å². The number of piperidine rings is 2. The van der Waals surface area contributed by atoms with Crippen molar-refractivity contribution in [2.75, 3.05) is 55.7 Å². The van der Waals surface area contributed by atoms with Crippen LogP contribution in [0.4, 0.5) is 11.4 Å². The van der Waals surface area contributed by atoms with Crippen LogP contribution >= 0.6 is 0 Å². The molecule has 0 amide bonds. The number of quaternary nitrogens is 1. The summed E-state index contributed by atoms with van der Waals surface area (Å²) in [5.41, 5.74) is 7.88. The molecule has 6 nitrogen and oxygen atoms in total. The van der Waals surface area contributed by atoms with Gasteiger partial charge in [0, 0.05) is 71.9 Å². The number of benzene rings is 2. The van der Waals surface area contributed by atoms with E-state index in [2.05, 4.69) is 94.1 Å². The van der Waals surface area contributed by atoms with Crippen molar-refractivity contribution in [3.05, 3.63) is 96.1 Å². The molecule has 4 bridgehead atoms. The zero-order chi connectivity index (χ0) is 30.6. The molecule has 2 aromatic rings. The van der Waals surface area contributed by atoms with Crippen molar-refractivity contribution in [2.45, 2.75) is 67.7 Å². The van der Waals surface area contributed by atoms with Gasteiger partial charge in [-0.1, -0.05) is 60.7 Å². The fourth-order valence-corrected chi connectivity index (χ4v) is 14.5. The summed E-state index contributed by atoms with van der Waals surface area (Å²) in [5, 5.41) is 0. The topological polar surface area (TPSA) is 28.2 Å². The zero-order valence-corrected chi connectivity index (χ0v) is 29.3. The Morgan fingerprint density at radius 3 is 2.52 bits per heavy atom. The quantitative estimate of drug-likeness (QED) is 0.361. The lowest BCUT2D eigenvalue weighted by Crippen LogP contribution is -3.00. The number of ether oxygens (including phenoxy) is 2. The highest BCUT2D eigenvalue weighted by Crippen LogP contribution is 2.68. The van der Waals surface area contributed by atoms with Crippen LogP contribution in [0, 0.1) is 29.6 Å². The Labute approximate surface area is 295 Å². The number of halogens is 1. The second-order valence-corrected chi connectivity index (χ2v) is 16.8. The number of anilines is 2. The second-order valence-electron chi connectivity index (χ2n) is 16.8. The number of hydrogen-bond donors (Lipinski definition) is 0. The maximum atomic E-state index is 7.41. The van der Waals surface area contributed by atoms with Gasteiger partial charge >= 0.3 is 0 Å². The third-order valence-corrected chi connectivity index (χ3v) is 15.7. The minimum absolute atomic E-state index is 0. The minimum atomic E-state index is 0. The zero-order valence-electron chi connectivity index (χ0n) is 27.7. The average Bonchev–Trinajstić information content (AvgIpc) is 3.66. The summed E-state index contributed by atoms with van der Waals surface area (Å²) in [6.07, 6.45) is 12.4. The molecule has 12 rings (SSSR count). The molecule has 0 aromatic heterocycles. The third kappa shape index (κ3) is 3.35. The van der Waals surface area contributed by atoms with E-state index in [9.17, 15) is 0 Å². The van der Waals surface area contributed by atoms with Crippen molar-refractivity contribution in [2.24, 2.45) is 29.6 Å². The van der Waals surface area contributed by atoms with Gasteiger partial charge in [-0.2, -0.15) is 0 Å². The number of hydrogen-bond acceptors (Lipinski definition) is 5. The van der Waals surface area contributed by atoms with E-state index >= 15 is 0 Å². The van der Waals surface area contributed by atoms with Crippen molar-refractivity contribution in [1.29, 1.82) is 0 Å². The first-order chi connectivity index (χ1) is 23.2. The molecule has 2 aromatic carbocycles. The van der Waals surface area contributed by atoms with Crippen molar-refractivity contribution in [1.82, 2.24) is 4.90 Å².